The smallest absolute Gasteiger partial charge is 0.256 e. The first kappa shape index (κ1) is 23.1. The highest BCUT2D eigenvalue weighted by Crippen LogP contribution is 2.38. The van der Waals surface area contributed by atoms with E-state index < -0.39 is 9.04 Å². The van der Waals surface area contributed by atoms with E-state index in [1.165, 1.54) is 26.4 Å². The zero-order valence-corrected chi connectivity index (χ0v) is 19.4. The van der Waals surface area contributed by atoms with Gasteiger partial charge in [0.05, 0.1) is 37.6 Å². The van der Waals surface area contributed by atoms with Crippen molar-refractivity contribution in [2.75, 3.05) is 20.8 Å². The summed E-state index contributed by atoms with van der Waals surface area (Å²) in [7, 11) is 2.05. The topological polar surface area (TPSA) is 77.4 Å². The summed E-state index contributed by atoms with van der Waals surface area (Å²) in [5, 5.41) is 0. The van der Waals surface area contributed by atoms with Crippen LogP contribution in [-0.2, 0) is 9.22 Å². The highest BCUT2D eigenvalue weighted by molar-refractivity contribution is 6.48. The van der Waals surface area contributed by atoms with E-state index in [-0.39, 0.29) is 29.2 Å². The number of benzene rings is 1. The van der Waals surface area contributed by atoms with Gasteiger partial charge < -0.3 is 18.8 Å². The highest BCUT2D eigenvalue weighted by Gasteiger charge is 2.42. The Bertz CT molecular complexity index is 784. The minimum absolute atomic E-state index is 0.0384. The van der Waals surface area contributed by atoms with Crippen LogP contribution in [-0.4, -0.2) is 58.8 Å². The zero-order chi connectivity index (χ0) is 21.8. The summed E-state index contributed by atoms with van der Waals surface area (Å²) in [6.07, 6.45) is 3.24. The lowest BCUT2D eigenvalue weighted by Gasteiger charge is -2.40. The van der Waals surface area contributed by atoms with Crippen LogP contribution >= 0.6 is 0 Å². The lowest BCUT2D eigenvalue weighted by Crippen LogP contribution is -2.50. The standard InChI is InChI=1S/C21H31N2O5Si/c1-21(2,3)19(28-29(6)7)16-9-8-10-23(16)20(25)14-11-17(26-4)18(27-5)12-15(14)22-13-24/h11-12,16,19H,8-10H2,1-7H3. The Morgan fingerprint density at radius 3 is 2.38 bits per heavy atom. The fourth-order valence-electron chi connectivity index (χ4n) is 3.78. The van der Waals surface area contributed by atoms with Gasteiger partial charge in [-0.1, -0.05) is 20.8 Å². The fourth-order valence-corrected chi connectivity index (χ4v) is 4.80. The largest absolute Gasteiger partial charge is 0.493 e. The van der Waals surface area contributed by atoms with Crippen molar-refractivity contribution < 1.29 is 23.5 Å². The molecular weight excluding hydrogens is 388 g/mol. The molecule has 1 fully saturated rings. The molecule has 0 aromatic heterocycles. The van der Waals surface area contributed by atoms with E-state index in [9.17, 15) is 9.59 Å². The maximum Gasteiger partial charge on any atom is 0.256 e. The SMILES string of the molecule is COc1cc(N=C=O)c(C(=O)N2CCCC2C(O[Si](C)C)C(C)(C)C)cc1OC. The summed E-state index contributed by atoms with van der Waals surface area (Å²) in [4.78, 5) is 30.1. The van der Waals surface area contributed by atoms with E-state index in [0.29, 0.717) is 23.6 Å². The van der Waals surface area contributed by atoms with Crippen molar-refractivity contribution in [3.05, 3.63) is 17.7 Å². The van der Waals surface area contributed by atoms with Crippen LogP contribution in [0.1, 0.15) is 44.0 Å². The highest BCUT2D eigenvalue weighted by atomic mass is 28.3. The van der Waals surface area contributed by atoms with Gasteiger partial charge in [0.25, 0.3) is 5.91 Å². The lowest BCUT2D eigenvalue weighted by molar-refractivity contribution is 0.0138. The summed E-state index contributed by atoms with van der Waals surface area (Å²) in [6.45, 7) is 11.3. The molecule has 29 heavy (non-hydrogen) atoms. The van der Waals surface area contributed by atoms with Crippen molar-refractivity contribution in [3.8, 4) is 11.5 Å². The van der Waals surface area contributed by atoms with Crippen molar-refractivity contribution in [1.29, 1.82) is 0 Å². The molecule has 1 heterocycles. The van der Waals surface area contributed by atoms with Crippen molar-refractivity contribution in [1.82, 2.24) is 4.90 Å². The maximum atomic E-state index is 13.5. The van der Waals surface area contributed by atoms with Gasteiger partial charge in [-0.25, -0.2) is 4.79 Å². The van der Waals surface area contributed by atoms with Crippen LogP contribution in [0.2, 0.25) is 13.1 Å². The summed E-state index contributed by atoms with van der Waals surface area (Å²) in [5.74, 6) is 0.616. The van der Waals surface area contributed by atoms with Crippen LogP contribution < -0.4 is 9.47 Å². The van der Waals surface area contributed by atoms with Gasteiger partial charge in [0, 0.05) is 12.6 Å². The lowest BCUT2D eigenvalue weighted by atomic mass is 9.83. The molecule has 159 valence electrons. The Balaban J connectivity index is 2.48. The van der Waals surface area contributed by atoms with Crippen LogP contribution in [0.5, 0.6) is 11.5 Å². The molecule has 0 spiro atoms. The third kappa shape index (κ3) is 5.26. The number of hydrogen-bond donors (Lipinski definition) is 0. The average Bonchev–Trinajstić information content (AvgIpc) is 3.13. The van der Waals surface area contributed by atoms with Gasteiger partial charge in [0.2, 0.25) is 15.1 Å². The molecule has 2 rings (SSSR count). The number of ether oxygens (including phenoxy) is 2. The first-order chi connectivity index (χ1) is 13.6. The van der Waals surface area contributed by atoms with E-state index in [2.05, 4.69) is 38.9 Å². The van der Waals surface area contributed by atoms with Gasteiger partial charge in [0.1, 0.15) is 0 Å². The van der Waals surface area contributed by atoms with Gasteiger partial charge in [-0.2, -0.15) is 4.99 Å². The van der Waals surface area contributed by atoms with Gasteiger partial charge >= 0.3 is 0 Å². The van der Waals surface area contributed by atoms with Crippen molar-refractivity contribution >= 4 is 26.7 Å². The molecule has 1 aromatic carbocycles. The third-order valence-electron chi connectivity index (χ3n) is 5.02. The van der Waals surface area contributed by atoms with Gasteiger partial charge in [-0.05, 0) is 37.4 Å². The monoisotopic (exact) mass is 419 g/mol. The molecule has 1 radical (unpaired) electrons. The number of carbonyl (C=O) groups excluding carboxylic acids is 2. The number of nitrogens with zero attached hydrogens (tertiary/aromatic N) is 2. The molecule has 8 heteroatoms. The van der Waals surface area contributed by atoms with Crippen LogP contribution in [0.4, 0.5) is 5.69 Å². The Morgan fingerprint density at radius 2 is 1.86 bits per heavy atom. The summed E-state index contributed by atoms with van der Waals surface area (Å²) >= 11 is 0. The first-order valence-corrected chi connectivity index (χ1v) is 12.2. The second kappa shape index (κ2) is 9.56. The number of isocyanates is 1. The van der Waals surface area contributed by atoms with Crippen molar-refractivity contribution in [2.45, 2.75) is 58.9 Å². The number of methoxy groups -OCH3 is 2. The quantitative estimate of drug-likeness (QED) is 0.380. The van der Waals surface area contributed by atoms with E-state index in [1.807, 2.05) is 4.90 Å². The van der Waals surface area contributed by atoms with Gasteiger partial charge in [-0.3, -0.25) is 4.79 Å². The minimum Gasteiger partial charge on any atom is -0.493 e. The van der Waals surface area contributed by atoms with Gasteiger partial charge in [0.15, 0.2) is 11.5 Å². The molecule has 2 unspecified atom stereocenters. The molecule has 0 bridgehead atoms. The van der Waals surface area contributed by atoms with Crippen molar-refractivity contribution in [3.63, 3.8) is 0 Å². The molecule has 1 aromatic rings. The molecule has 7 nitrogen and oxygen atoms in total. The van der Waals surface area contributed by atoms with E-state index in [0.717, 1.165) is 12.8 Å². The second-order valence-electron chi connectivity index (χ2n) is 8.45. The number of aliphatic imine (C=N–C) groups is 1. The number of hydrogen-bond acceptors (Lipinski definition) is 6. The number of rotatable bonds is 7. The zero-order valence-electron chi connectivity index (χ0n) is 18.4. The second-order valence-corrected chi connectivity index (χ2v) is 10.5. The van der Waals surface area contributed by atoms with E-state index in [4.69, 9.17) is 13.9 Å². The Labute approximate surface area is 174 Å². The maximum absolute atomic E-state index is 13.5. The Morgan fingerprint density at radius 1 is 1.24 bits per heavy atom. The molecule has 1 aliphatic rings. The van der Waals surface area contributed by atoms with Crippen LogP contribution in [0.25, 0.3) is 0 Å². The normalized spacial score (nSPS) is 17.8. The van der Waals surface area contributed by atoms with Crippen LogP contribution in [0.3, 0.4) is 0 Å². The van der Waals surface area contributed by atoms with Crippen LogP contribution in [0.15, 0.2) is 17.1 Å². The molecule has 0 saturated carbocycles. The molecule has 0 aliphatic carbocycles. The number of carbonyl (C=O) groups is 1. The van der Waals surface area contributed by atoms with Crippen LogP contribution in [0, 0.1) is 5.41 Å². The predicted octanol–water partition coefficient (Wildman–Crippen LogP) is 3.96. The van der Waals surface area contributed by atoms with E-state index in [1.54, 1.807) is 6.07 Å². The average molecular weight is 420 g/mol. The van der Waals surface area contributed by atoms with Gasteiger partial charge in [-0.15, -0.1) is 0 Å². The Kier molecular flexibility index (Phi) is 7.63. The van der Waals surface area contributed by atoms with Crippen molar-refractivity contribution in [2.24, 2.45) is 10.4 Å². The molecule has 1 aliphatic heterocycles. The summed E-state index contributed by atoms with van der Waals surface area (Å²) in [5.41, 5.74) is 0.401. The van der Waals surface area contributed by atoms with E-state index >= 15 is 0 Å². The Hall–Kier alpha value is -2.15. The minimum atomic E-state index is -0.945. The molecule has 0 N–H and O–H groups in total. The fraction of sp³-hybridized carbons (Fsp3) is 0.619. The summed E-state index contributed by atoms with van der Waals surface area (Å²) in [6, 6.07) is 3.07. The number of amides is 1. The summed E-state index contributed by atoms with van der Waals surface area (Å²) < 4.78 is 17.0. The molecule has 2 atom stereocenters. The molecular formula is C21H31N2O5Si. The predicted molar refractivity (Wildman–Crippen MR) is 113 cm³/mol. The number of likely N-dealkylation sites (tertiary alicyclic amines) is 1. The molecule has 1 amide bonds. The molecule has 1 saturated heterocycles. The third-order valence-corrected chi connectivity index (χ3v) is 5.75. The first-order valence-electron chi connectivity index (χ1n) is 9.75.